The van der Waals surface area contributed by atoms with Crippen molar-refractivity contribution in [2.45, 2.75) is 56.0 Å². The van der Waals surface area contributed by atoms with E-state index in [1.54, 1.807) is 19.4 Å². The molecule has 3 rings (SSSR count). The second-order valence-corrected chi connectivity index (χ2v) is 9.97. The summed E-state index contributed by atoms with van der Waals surface area (Å²) in [7, 11) is -1.96. The van der Waals surface area contributed by atoms with Gasteiger partial charge >= 0.3 is 0 Å². The van der Waals surface area contributed by atoms with Crippen molar-refractivity contribution in [3.63, 3.8) is 0 Å². The summed E-state index contributed by atoms with van der Waals surface area (Å²) in [6.45, 7) is 0.589. The predicted octanol–water partition coefficient (Wildman–Crippen LogP) is 2.47. The number of hydrogen-bond donors (Lipinski definition) is 2. The second-order valence-electron chi connectivity index (χ2n) is 7.98. The molecule has 2 N–H and O–H groups in total. The summed E-state index contributed by atoms with van der Waals surface area (Å²) in [5, 5.41) is 5.48. The van der Waals surface area contributed by atoms with Crippen LogP contribution in [-0.2, 0) is 21.4 Å². The van der Waals surface area contributed by atoms with Crippen LogP contribution < -0.4 is 10.6 Å². The molecule has 0 atom stereocenters. The van der Waals surface area contributed by atoms with Crippen molar-refractivity contribution in [1.29, 1.82) is 0 Å². The van der Waals surface area contributed by atoms with Crippen LogP contribution in [0.25, 0.3) is 0 Å². The number of amides is 2. The van der Waals surface area contributed by atoms with Gasteiger partial charge in [-0.25, -0.2) is 8.42 Å². The van der Waals surface area contributed by atoms with Crippen molar-refractivity contribution in [2.24, 2.45) is 0 Å². The number of sulfonamides is 1. The van der Waals surface area contributed by atoms with E-state index in [1.165, 1.54) is 28.6 Å². The fourth-order valence-electron chi connectivity index (χ4n) is 3.77. The third kappa shape index (κ3) is 6.37. The van der Waals surface area contributed by atoms with E-state index in [1.807, 2.05) is 12.1 Å². The first-order valence-corrected chi connectivity index (χ1v) is 12.3. The molecular formula is C23H30N4O4S. The third-order valence-corrected chi connectivity index (χ3v) is 7.68. The van der Waals surface area contributed by atoms with E-state index in [9.17, 15) is 18.0 Å². The van der Waals surface area contributed by atoms with E-state index in [0.717, 1.165) is 37.7 Å². The maximum Gasteiger partial charge on any atom is 0.251 e. The highest BCUT2D eigenvalue weighted by molar-refractivity contribution is 7.89. The number of carbonyl (C=O) groups excluding carboxylic acids is 2. The quantitative estimate of drug-likeness (QED) is 0.600. The molecule has 1 aromatic heterocycles. The summed E-state index contributed by atoms with van der Waals surface area (Å²) in [4.78, 5) is 28.4. The SMILES string of the molecule is CN(C1CCCCC1)S(=O)(=O)c1ccc(C(=O)NCCC(=O)NCc2ccncc2)cc1. The van der Waals surface area contributed by atoms with Gasteiger partial charge < -0.3 is 10.6 Å². The number of nitrogens with one attached hydrogen (secondary N) is 2. The zero-order valence-electron chi connectivity index (χ0n) is 18.3. The number of pyridine rings is 1. The van der Waals surface area contributed by atoms with Gasteiger partial charge in [-0.1, -0.05) is 19.3 Å². The molecule has 2 amide bonds. The van der Waals surface area contributed by atoms with Gasteiger partial charge in [-0.3, -0.25) is 14.6 Å². The van der Waals surface area contributed by atoms with Gasteiger partial charge in [0.1, 0.15) is 0 Å². The second kappa shape index (κ2) is 11.2. The minimum absolute atomic E-state index is 0.0291. The van der Waals surface area contributed by atoms with Crippen LogP contribution in [0, 0.1) is 0 Å². The van der Waals surface area contributed by atoms with E-state index < -0.39 is 10.0 Å². The molecular weight excluding hydrogens is 428 g/mol. The molecule has 0 aliphatic heterocycles. The Labute approximate surface area is 189 Å². The van der Waals surface area contributed by atoms with Gasteiger partial charge in [0.2, 0.25) is 15.9 Å². The van der Waals surface area contributed by atoms with Crippen LogP contribution in [0.2, 0.25) is 0 Å². The molecule has 0 bridgehead atoms. The van der Waals surface area contributed by atoms with Crippen LogP contribution in [0.4, 0.5) is 0 Å². The molecule has 1 heterocycles. The van der Waals surface area contributed by atoms with Crippen molar-refractivity contribution >= 4 is 21.8 Å². The number of rotatable bonds is 9. The van der Waals surface area contributed by atoms with Crippen LogP contribution in [0.3, 0.4) is 0 Å². The average Bonchev–Trinajstić information content (AvgIpc) is 2.83. The molecule has 172 valence electrons. The molecule has 0 saturated heterocycles. The molecule has 32 heavy (non-hydrogen) atoms. The first-order chi connectivity index (χ1) is 15.4. The van der Waals surface area contributed by atoms with Crippen molar-refractivity contribution in [2.75, 3.05) is 13.6 Å². The minimum atomic E-state index is -3.59. The number of nitrogens with zero attached hydrogens (tertiary/aromatic N) is 2. The maximum atomic E-state index is 12.9. The first kappa shape index (κ1) is 23.9. The normalized spacial score (nSPS) is 14.8. The van der Waals surface area contributed by atoms with Gasteiger partial charge in [0.25, 0.3) is 5.91 Å². The van der Waals surface area contributed by atoms with Crippen LogP contribution in [0.15, 0.2) is 53.7 Å². The van der Waals surface area contributed by atoms with Gasteiger partial charge in [-0.15, -0.1) is 0 Å². The molecule has 1 fully saturated rings. The monoisotopic (exact) mass is 458 g/mol. The number of benzene rings is 1. The summed E-state index contributed by atoms with van der Waals surface area (Å²) in [6, 6.07) is 9.59. The lowest BCUT2D eigenvalue weighted by molar-refractivity contribution is -0.121. The average molecular weight is 459 g/mol. The molecule has 1 aliphatic rings. The Kier molecular flexibility index (Phi) is 8.35. The Morgan fingerprint density at radius 2 is 1.66 bits per heavy atom. The first-order valence-electron chi connectivity index (χ1n) is 10.9. The molecule has 1 aliphatic carbocycles. The number of hydrogen-bond acceptors (Lipinski definition) is 5. The molecule has 1 saturated carbocycles. The van der Waals surface area contributed by atoms with Crippen LogP contribution in [-0.4, -0.2) is 49.2 Å². The van der Waals surface area contributed by atoms with Gasteiger partial charge in [-0.2, -0.15) is 4.31 Å². The Bertz CT molecular complexity index is 1000. The summed E-state index contributed by atoms with van der Waals surface area (Å²) < 4.78 is 27.3. The molecule has 8 nitrogen and oxygen atoms in total. The topological polar surface area (TPSA) is 108 Å². The van der Waals surface area contributed by atoms with Crippen LogP contribution >= 0.6 is 0 Å². The number of carbonyl (C=O) groups is 2. The van der Waals surface area contributed by atoms with E-state index >= 15 is 0 Å². The Morgan fingerprint density at radius 3 is 2.31 bits per heavy atom. The van der Waals surface area contributed by atoms with Crippen molar-refractivity contribution in [3.05, 3.63) is 59.9 Å². The summed E-state index contributed by atoms with van der Waals surface area (Å²) in [5.41, 5.74) is 1.29. The molecule has 0 radical (unpaired) electrons. The van der Waals surface area contributed by atoms with Crippen LogP contribution in [0.1, 0.15) is 54.4 Å². The van der Waals surface area contributed by atoms with E-state index in [2.05, 4.69) is 15.6 Å². The standard InChI is InChI=1S/C23H30N4O4S/c1-27(20-5-3-2-4-6-20)32(30,31)21-9-7-19(8-10-21)23(29)25-16-13-22(28)26-17-18-11-14-24-15-12-18/h7-12,14-15,20H,2-6,13,16-17H2,1H3,(H,25,29)(H,26,28). The lowest BCUT2D eigenvalue weighted by atomic mass is 9.96. The lowest BCUT2D eigenvalue weighted by Crippen LogP contribution is -2.38. The lowest BCUT2D eigenvalue weighted by Gasteiger charge is -2.30. The van der Waals surface area contributed by atoms with E-state index in [4.69, 9.17) is 0 Å². The zero-order chi connectivity index (χ0) is 23.0. The highest BCUT2D eigenvalue weighted by Gasteiger charge is 2.29. The van der Waals surface area contributed by atoms with Gasteiger partial charge in [0, 0.05) is 50.6 Å². The fourth-order valence-corrected chi connectivity index (χ4v) is 5.18. The van der Waals surface area contributed by atoms with Crippen molar-refractivity contribution in [3.8, 4) is 0 Å². The molecule has 1 aromatic carbocycles. The van der Waals surface area contributed by atoms with Crippen molar-refractivity contribution < 1.29 is 18.0 Å². The minimum Gasteiger partial charge on any atom is -0.352 e. The van der Waals surface area contributed by atoms with E-state index in [-0.39, 0.29) is 35.7 Å². The smallest absolute Gasteiger partial charge is 0.251 e. The third-order valence-electron chi connectivity index (χ3n) is 5.76. The zero-order valence-corrected chi connectivity index (χ0v) is 19.1. The van der Waals surface area contributed by atoms with E-state index in [0.29, 0.717) is 12.1 Å². The summed E-state index contributed by atoms with van der Waals surface area (Å²) in [5.74, 6) is -0.522. The van der Waals surface area contributed by atoms with Crippen molar-refractivity contribution in [1.82, 2.24) is 19.9 Å². The Hall–Kier alpha value is -2.78. The van der Waals surface area contributed by atoms with Gasteiger partial charge in [0.15, 0.2) is 0 Å². The molecule has 0 spiro atoms. The highest BCUT2D eigenvalue weighted by atomic mass is 32.2. The Morgan fingerprint density at radius 1 is 1.00 bits per heavy atom. The van der Waals surface area contributed by atoms with Crippen LogP contribution in [0.5, 0.6) is 0 Å². The van der Waals surface area contributed by atoms with Gasteiger partial charge in [0.05, 0.1) is 4.90 Å². The largest absolute Gasteiger partial charge is 0.352 e. The molecule has 9 heteroatoms. The Balaban J connectivity index is 1.47. The maximum absolute atomic E-state index is 12.9. The predicted molar refractivity (Wildman–Crippen MR) is 121 cm³/mol. The molecule has 0 unspecified atom stereocenters. The fraction of sp³-hybridized carbons (Fsp3) is 0.435. The summed E-state index contributed by atoms with van der Waals surface area (Å²) >= 11 is 0. The molecule has 2 aromatic rings. The summed E-state index contributed by atoms with van der Waals surface area (Å²) in [6.07, 6.45) is 8.48. The van der Waals surface area contributed by atoms with Gasteiger partial charge in [-0.05, 0) is 54.8 Å². The number of aromatic nitrogens is 1. The highest BCUT2D eigenvalue weighted by Crippen LogP contribution is 2.26.